The summed E-state index contributed by atoms with van der Waals surface area (Å²) in [6.07, 6.45) is 8.72. The second kappa shape index (κ2) is 7.63. The molecule has 1 atom stereocenters. The highest BCUT2D eigenvalue weighted by Gasteiger charge is 2.14. The Morgan fingerprint density at radius 3 is 2.72 bits per heavy atom. The first-order chi connectivity index (χ1) is 8.65. The lowest BCUT2D eigenvalue weighted by molar-refractivity contribution is 0.0691. The predicted molar refractivity (Wildman–Crippen MR) is 70.8 cm³/mol. The lowest BCUT2D eigenvalue weighted by Gasteiger charge is -2.15. The standard InChI is InChI=1S/C13H21N3O2/c1-3-4-5-6-7-10(2)16-12-11(13(17)18)14-8-9-15-12/h8-10H,3-7H2,1-2H3,(H,15,16)(H,17,18). The molecule has 5 nitrogen and oxygen atoms in total. The molecule has 0 radical (unpaired) electrons. The molecular weight excluding hydrogens is 230 g/mol. The molecule has 1 aromatic heterocycles. The van der Waals surface area contributed by atoms with E-state index in [1.165, 1.54) is 31.7 Å². The number of nitrogens with one attached hydrogen (secondary N) is 1. The molecule has 1 heterocycles. The van der Waals surface area contributed by atoms with Gasteiger partial charge in [0.15, 0.2) is 11.5 Å². The predicted octanol–water partition coefficient (Wildman–Crippen LogP) is 2.95. The molecule has 1 rings (SSSR count). The van der Waals surface area contributed by atoms with Crippen molar-refractivity contribution < 1.29 is 9.90 Å². The molecule has 1 aromatic rings. The highest BCUT2D eigenvalue weighted by Crippen LogP contribution is 2.13. The number of hydrogen-bond donors (Lipinski definition) is 2. The highest BCUT2D eigenvalue weighted by atomic mass is 16.4. The fourth-order valence-electron chi connectivity index (χ4n) is 1.78. The molecule has 0 saturated carbocycles. The molecule has 5 heteroatoms. The zero-order valence-electron chi connectivity index (χ0n) is 11.0. The molecule has 2 N–H and O–H groups in total. The average molecular weight is 251 g/mol. The van der Waals surface area contributed by atoms with Gasteiger partial charge in [0.2, 0.25) is 0 Å². The van der Waals surface area contributed by atoms with E-state index in [0.717, 1.165) is 12.8 Å². The van der Waals surface area contributed by atoms with E-state index < -0.39 is 5.97 Å². The third-order valence-corrected chi connectivity index (χ3v) is 2.77. The van der Waals surface area contributed by atoms with E-state index in [2.05, 4.69) is 22.2 Å². The molecule has 1 unspecified atom stereocenters. The van der Waals surface area contributed by atoms with Gasteiger partial charge in [-0.2, -0.15) is 0 Å². The molecular formula is C13H21N3O2. The van der Waals surface area contributed by atoms with E-state index in [1.54, 1.807) is 0 Å². The van der Waals surface area contributed by atoms with Crippen LogP contribution in [0, 0.1) is 0 Å². The van der Waals surface area contributed by atoms with Crippen LogP contribution in [0.5, 0.6) is 0 Å². The Labute approximate surface area is 108 Å². The second-order valence-corrected chi connectivity index (χ2v) is 4.45. The lowest BCUT2D eigenvalue weighted by atomic mass is 10.1. The minimum absolute atomic E-state index is 0.0158. The van der Waals surface area contributed by atoms with Gasteiger partial charge in [-0.3, -0.25) is 0 Å². The summed E-state index contributed by atoms with van der Waals surface area (Å²) in [6, 6.07) is 0.205. The molecule has 0 fully saturated rings. The van der Waals surface area contributed by atoms with Gasteiger partial charge in [0, 0.05) is 18.4 Å². The van der Waals surface area contributed by atoms with Gasteiger partial charge < -0.3 is 10.4 Å². The summed E-state index contributed by atoms with van der Waals surface area (Å²) in [6.45, 7) is 4.21. The summed E-state index contributed by atoms with van der Waals surface area (Å²) in [4.78, 5) is 18.8. The molecule has 0 aromatic carbocycles. The van der Waals surface area contributed by atoms with E-state index in [1.807, 2.05) is 6.92 Å². The maximum Gasteiger partial charge on any atom is 0.358 e. The zero-order valence-corrected chi connectivity index (χ0v) is 11.0. The number of aromatic carboxylic acids is 1. The number of rotatable bonds is 8. The van der Waals surface area contributed by atoms with Crippen LogP contribution in [0.2, 0.25) is 0 Å². The van der Waals surface area contributed by atoms with E-state index in [-0.39, 0.29) is 11.7 Å². The third-order valence-electron chi connectivity index (χ3n) is 2.77. The second-order valence-electron chi connectivity index (χ2n) is 4.45. The van der Waals surface area contributed by atoms with Gasteiger partial charge in [0.1, 0.15) is 0 Å². The maximum atomic E-state index is 11.0. The molecule has 100 valence electrons. The average Bonchev–Trinajstić information content (AvgIpc) is 2.35. The number of carbonyl (C=O) groups is 1. The van der Waals surface area contributed by atoms with Crippen molar-refractivity contribution in [1.29, 1.82) is 0 Å². The van der Waals surface area contributed by atoms with Crippen LogP contribution in [-0.4, -0.2) is 27.1 Å². The van der Waals surface area contributed by atoms with Crippen LogP contribution in [0.3, 0.4) is 0 Å². The van der Waals surface area contributed by atoms with Crippen LogP contribution in [0.25, 0.3) is 0 Å². The summed E-state index contributed by atoms with van der Waals surface area (Å²) in [5.41, 5.74) is -0.0158. The fourth-order valence-corrected chi connectivity index (χ4v) is 1.78. The Morgan fingerprint density at radius 2 is 2.06 bits per heavy atom. The van der Waals surface area contributed by atoms with Gasteiger partial charge in [-0.1, -0.05) is 32.6 Å². The SMILES string of the molecule is CCCCCCC(C)Nc1nccnc1C(=O)O. The first-order valence-electron chi connectivity index (χ1n) is 6.46. The van der Waals surface area contributed by atoms with Crippen LogP contribution in [0.4, 0.5) is 5.82 Å². The van der Waals surface area contributed by atoms with Gasteiger partial charge in [0.25, 0.3) is 0 Å². The molecule has 0 amide bonds. The summed E-state index contributed by atoms with van der Waals surface area (Å²) in [7, 11) is 0. The van der Waals surface area contributed by atoms with Crippen molar-refractivity contribution in [1.82, 2.24) is 9.97 Å². The quantitative estimate of drug-likeness (QED) is 0.695. The lowest BCUT2D eigenvalue weighted by Crippen LogP contribution is -2.19. The van der Waals surface area contributed by atoms with Crippen molar-refractivity contribution in [3.8, 4) is 0 Å². The van der Waals surface area contributed by atoms with Gasteiger partial charge in [-0.25, -0.2) is 14.8 Å². The monoisotopic (exact) mass is 251 g/mol. The number of nitrogens with zero attached hydrogens (tertiary/aromatic N) is 2. The molecule has 0 spiro atoms. The van der Waals surface area contributed by atoms with Crippen molar-refractivity contribution in [3.63, 3.8) is 0 Å². The van der Waals surface area contributed by atoms with Crippen LogP contribution >= 0.6 is 0 Å². The molecule has 0 aliphatic carbocycles. The zero-order chi connectivity index (χ0) is 13.4. The van der Waals surface area contributed by atoms with Crippen LogP contribution in [-0.2, 0) is 0 Å². The van der Waals surface area contributed by atoms with Crippen molar-refractivity contribution in [2.75, 3.05) is 5.32 Å². The Balaban J connectivity index is 2.48. The number of carboxylic acids is 1. The molecule has 0 saturated heterocycles. The third kappa shape index (κ3) is 4.69. The van der Waals surface area contributed by atoms with E-state index in [0.29, 0.717) is 5.82 Å². The summed E-state index contributed by atoms with van der Waals surface area (Å²) >= 11 is 0. The smallest absolute Gasteiger partial charge is 0.358 e. The van der Waals surface area contributed by atoms with Crippen molar-refractivity contribution in [3.05, 3.63) is 18.1 Å². The van der Waals surface area contributed by atoms with Gasteiger partial charge >= 0.3 is 5.97 Å². The number of hydrogen-bond acceptors (Lipinski definition) is 4. The number of aromatic nitrogens is 2. The van der Waals surface area contributed by atoms with Crippen LogP contribution in [0.15, 0.2) is 12.4 Å². The fraction of sp³-hybridized carbons (Fsp3) is 0.615. The van der Waals surface area contributed by atoms with Gasteiger partial charge in [-0.05, 0) is 13.3 Å². The number of carboxylic acid groups (broad SMARTS) is 1. The number of unbranched alkanes of at least 4 members (excludes halogenated alkanes) is 3. The van der Waals surface area contributed by atoms with Gasteiger partial charge in [-0.15, -0.1) is 0 Å². The minimum Gasteiger partial charge on any atom is -0.476 e. The topological polar surface area (TPSA) is 75.1 Å². The summed E-state index contributed by atoms with van der Waals surface area (Å²) in [5.74, 6) is -0.697. The molecule has 18 heavy (non-hydrogen) atoms. The Kier molecular flexibility index (Phi) is 6.11. The first kappa shape index (κ1) is 14.4. The number of anilines is 1. The Bertz CT molecular complexity index is 382. The van der Waals surface area contributed by atoms with Crippen molar-refractivity contribution >= 4 is 11.8 Å². The van der Waals surface area contributed by atoms with Crippen LogP contribution < -0.4 is 5.32 Å². The molecule has 0 aliphatic rings. The summed E-state index contributed by atoms with van der Waals surface area (Å²) in [5, 5.41) is 12.1. The Hall–Kier alpha value is -1.65. The minimum atomic E-state index is -1.05. The van der Waals surface area contributed by atoms with Gasteiger partial charge in [0.05, 0.1) is 0 Å². The van der Waals surface area contributed by atoms with E-state index >= 15 is 0 Å². The van der Waals surface area contributed by atoms with E-state index in [4.69, 9.17) is 5.11 Å². The first-order valence-corrected chi connectivity index (χ1v) is 6.46. The van der Waals surface area contributed by atoms with Crippen LogP contribution in [0.1, 0.15) is 56.4 Å². The van der Waals surface area contributed by atoms with Crippen molar-refractivity contribution in [2.45, 2.75) is 52.0 Å². The molecule has 0 bridgehead atoms. The normalized spacial score (nSPS) is 12.1. The van der Waals surface area contributed by atoms with Crippen molar-refractivity contribution in [2.24, 2.45) is 0 Å². The molecule has 0 aliphatic heterocycles. The summed E-state index contributed by atoms with van der Waals surface area (Å²) < 4.78 is 0. The highest BCUT2D eigenvalue weighted by molar-refractivity contribution is 5.90. The van der Waals surface area contributed by atoms with E-state index in [9.17, 15) is 4.79 Å². The Morgan fingerprint density at radius 1 is 1.33 bits per heavy atom. The maximum absolute atomic E-state index is 11.0. The largest absolute Gasteiger partial charge is 0.476 e.